The van der Waals surface area contributed by atoms with Crippen LogP contribution in [0.4, 0.5) is 0 Å². The van der Waals surface area contributed by atoms with Gasteiger partial charge in [0.25, 0.3) is 0 Å². The van der Waals surface area contributed by atoms with Crippen LogP contribution in [0, 0.1) is 10.8 Å². The van der Waals surface area contributed by atoms with Gasteiger partial charge in [-0.15, -0.1) is 0 Å². The Labute approximate surface area is 179 Å². The lowest BCUT2D eigenvalue weighted by atomic mass is 9.79. The zero-order valence-electron chi connectivity index (χ0n) is 16.2. The second kappa shape index (κ2) is 9.19. The van der Waals surface area contributed by atoms with Gasteiger partial charge in [-0.3, -0.25) is 0 Å². The molecule has 1 aliphatic rings. The molecule has 0 aliphatic carbocycles. The molecule has 0 saturated carbocycles. The Bertz CT molecular complexity index is 724. The van der Waals surface area contributed by atoms with Crippen LogP contribution in [0.5, 0.6) is 0 Å². The van der Waals surface area contributed by atoms with Crippen molar-refractivity contribution in [3.05, 3.63) is 68.6 Å². The van der Waals surface area contributed by atoms with Crippen LogP contribution in [-0.4, -0.2) is 23.4 Å². The minimum absolute atomic E-state index is 0.0375. The summed E-state index contributed by atoms with van der Waals surface area (Å²) in [6.07, 6.45) is -0.360. The molecule has 1 fully saturated rings. The molecule has 2 aromatic carbocycles. The Kier molecular flexibility index (Phi) is 7.68. The van der Waals surface area contributed by atoms with Crippen molar-refractivity contribution in [2.75, 3.05) is 13.2 Å². The zero-order chi connectivity index (χ0) is 20.2. The van der Waals surface area contributed by atoms with Gasteiger partial charge in [0.2, 0.25) is 0 Å². The smallest absolute Gasteiger partial charge is 0.0898 e. The number of hydrogen-bond donors (Lipinski definition) is 2. The Morgan fingerprint density at radius 1 is 1.04 bits per heavy atom. The standard InChI is InChI=1S/C11H15BrO2.C11H13BrO/c1-11(2,7-13)10(14)8-3-5-9(12)6-4-8;1-11(2)7-13-10(11)8-3-5-9(12)6-4-8/h3-6,10,13-14H,7H2,1-2H3;3-6,10H,7H2,1-2H3. The van der Waals surface area contributed by atoms with Gasteiger partial charge in [0.1, 0.15) is 0 Å². The van der Waals surface area contributed by atoms with Gasteiger partial charge in [-0.1, -0.05) is 83.8 Å². The topological polar surface area (TPSA) is 49.7 Å². The maximum absolute atomic E-state index is 9.96. The third-order valence-corrected chi connectivity index (χ3v) is 5.90. The molecule has 0 bridgehead atoms. The number of aliphatic hydroxyl groups excluding tert-OH is 2. The van der Waals surface area contributed by atoms with Crippen molar-refractivity contribution in [2.45, 2.75) is 39.9 Å². The molecule has 1 saturated heterocycles. The summed E-state index contributed by atoms with van der Waals surface area (Å²) in [5.74, 6) is 0. The lowest BCUT2D eigenvalue weighted by Gasteiger charge is -2.44. The third-order valence-electron chi connectivity index (χ3n) is 4.84. The molecule has 0 radical (unpaired) electrons. The van der Waals surface area contributed by atoms with E-state index in [1.807, 2.05) is 38.1 Å². The highest BCUT2D eigenvalue weighted by molar-refractivity contribution is 9.10. The van der Waals surface area contributed by atoms with Crippen LogP contribution < -0.4 is 0 Å². The van der Waals surface area contributed by atoms with Gasteiger partial charge in [-0.25, -0.2) is 0 Å². The molecule has 148 valence electrons. The van der Waals surface area contributed by atoms with Crippen molar-refractivity contribution >= 4 is 31.9 Å². The zero-order valence-corrected chi connectivity index (χ0v) is 19.4. The van der Waals surface area contributed by atoms with E-state index in [1.54, 1.807) is 0 Å². The number of aliphatic hydroxyl groups is 2. The largest absolute Gasteiger partial charge is 0.396 e. The number of hydrogen-bond acceptors (Lipinski definition) is 3. The first-order valence-electron chi connectivity index (χ1n) is 8.98. The molecular formula is C22H28Br2O3. The predicted molar refractivity (Wildman–Crippen MR) is 117 cm³/mol. The quantitative estimate of drug-likeness (QED) is 0.538. The van der Waals surface area contributed by atoms with E-state index in [2.05, 4.69) is 70.0 Å². The van der Waals surface area contributed by atoms with Crippen LogP contribution in [0.2, 0.25) is 0 Å². The van der Waals surface area contributed by atoms with Gasteiger partial charge in [0.05, 0.1) is 25.4 Å². The van der Waals surface area contributed by atoms with E-state index in [0.717, 1.165) is 21.1 Å². The fourth-order valence-electron chi connectivity index (χ4n) is 2.87. The Balaban J connectivity index is 0.000000194. The lowest BCUT2D eigenvalue weighted by Crippen LogP contribution is -2.40. The molecule has 2 unspecified atom stereocenters. The van der Waals surface area contributed by atoms with Crippen molar-refractivity contribution in [3.8, 4) is 0 Å². The summed E-state index contributed by atoms with van der Waals surface area (Å²) in [4.78, 5) is 0. The minimum Gasteiger partial charge on any atom is -0.396 e. The van der Waals surface area contributed by atoms with Crippen LogP contribution in [0.3, 0.4) is 0 Å². The van der Waals surface area contributed by atoms with Gasteiger partial charge in [0, 0.05) is 19.8 Å². The summed E-state index contributed by atoms with van der Waals surface area (Å²) < 4.78 is 7.66. The summed E-state index contributed by atoms with van der Waals surface area (Å²) in [5.41, 5.74) is 1.90. The van der Waals surface area contributed by atoms with E-state index in [1.165, 1.54) is 5.56 Å². The highest BCUT2D eigenvalue weighted by Crippen LogP contribution is 2.45. The summed E-state index contributed by atoms with van der Waals surface area (Å²) in [6, 6.07) is 15.8. The van der Waals surface area contributed by atoms with Gasteiger partial charge in [-0.2, -0.15) is 0 Å². The summed E-state index contributed by atoms with van der Waals surface area (Å²) >= 11 is 6.75. The molecule has 2 aromatic rings. The first kappa shape index (κ1) is 22.6. The first-order chi connectivity index (χ1) is 12.6. The van der Waals surface area contributed by atoms with Crippen LogP contribution in [0.25, 0.3) is 0 Å². The maximum atomic E-state index is 9.96. The molecule has 3 nitrogen and oxygen atoms in total. The molecule has 1 aliphatic heterocycles. The van der Waals surface area contributed by atoms with Crippen LogP contribution in [0.1, 0.15) is 51.0 Å². The SMILES string of the molecule is CC(C)(CO)C(O)c1ccc(Br)cc1.CC1(C)COC1c1ccc(Br)cc1. The van der Waals surface area contributed by atoms with Crippen molar-refractivity contribution in [1.29, 1.82) is 0 Å². The van der Waals surface area contributed by atoms with Gasteiger partial charge < -0.3 is 14.9 Å². The Morgan fingerprint density at radius 2 is 1.52 bits per heavy atom. The molecule has 0 aromatic heterocycles. The summed E-state index contributed by atoms with van der Waals surface area (Å²) in [6.45, 7) is 8.98. The van der Waals surface area contributed by atoms with Gasteiger partial charge in [-0.05, 0) is 35.4 Å². The van der Waals surface area contributed by atoms with Gasteiger partial charge >= 0.3 is 0 Å². The van der Waals surface area contributed by atoms with Crippen molar-refractivity contribution in [3.63, 3.8) is 0 Å². The fourth-order valence-corrected chi connectivity index (χ4v) is 3.40. The lowest BCUT2D eigenvalue weighted by molar-refractivity contribution is -0.172. The fraction of sp³-hybridized carbons (Fsp3) is 0.455. The van der Waals surface area contributed by atoms with Gasteiger partial charge in [0.15, 0.2) is 0 Å². The predicted octanol–water partition coefficient (Wildman–Crippen LogP) is 6.05. The Hall–Kier alpha value is -0.720. The summed E-state index contributed by atoms with van der Waals surface area (Å²) in [7, 11) is 0. The maximum Gasteiger partial charge on any atom is 0.0898 e. The van der Waals surface area contributed by atoms with Crippen LogP contribution >= 0.6 is 31.9 Å². The van der Waals surface area contributed by atoms with Crippen LogP contribution in [-0.2, 0) is 4.74 Å². The Morgan fingerprint density at radius 3 is 1.89 bits per heavy atom. The van der Waals surface area contributed by atoms with E-state index in [4.69, 9.17) is 9.84 Å². The van der Waals surface area contributed by atoms with Crippen molar-refractivity contribution in [2.24, 2.45) is 10.8 Å². The average molecular weight is 500 g/mol. The molecule has 2 N–H and O–H groups in total. The molecule has 0 amide bonds. The van der Waals surface area contributed by atoms with Crippen molar-refractivity contribution < 1.29 is 14.9 Å². The normalized spacial score (nSPS) is 19.5. The molecule has 5 heteroatoms. The monoisotopic (exact) mass is 498 g/mol. The van der Waals surface area contributed by atoms with E-state index in [-0.39, 0.29) is 12.7 Å². The third kappa shape index (κ3) is 5.88. The molecule has 27 heavy (non-hydrogen) atoms. The van der Waals surface area contributed by atoms with Crippen LogP contribution in [0.15, 0.2) is 57.5 Å². The molecule has 1 heterocycles. The number of ether oxygens (including phenoxy) is 1. The average Bonchev–Trinajstić information content (AvgIpc) is 2.63. The molecule has 3 rings (SSSR count). The number of rotatable bonds is 4. The highest BCUT2D eigenvalue weighted by atomic mass is 79.9. The van der Waals surface area contributed by atoms with E-state index in [0.29, 0.717) is 5.41 Å². The second-order valence-electron chi connectivity index (χ2n) is 8.33. The van der Waals surface area contributed by atoms with E-state index >= 15 is 0 Å². The first-order valence-corrected chi connectivity index (χ1v) is 10.6. The number of halogens is 2. The molecular weight excluding hydrogens is 472 g/mol. The number of benzene rings is 2. The highest BCUT2D eigenvalue weighted by Gasteiger charge is 2.40. The summed E-state index contributed by atoms with van der Waals surface area (Å²) in [5, 5.41) is 19.1. The van der Waals surface area contributed by atoms with Crippen molar-refractivity contribution in [1.82, 2.24) is 0 Å². The van der Waals surface area contributed by atoms with E-state index in [9.17, 15) is 5.11 Å². The molecule has 2 atom stereocenters. The minimum atomic E-state index is -0.638. The second-order valence-corrected chi connectivity index (χ2v) is 10.2. The molecule has 0 spiro atoms. The van der Waals surface area contributed by atoms with E-state index < -0.39 is 11.5 Å².